The van der Waals surface area contributed by atoms with Gasteiger partial charge in [0.15, 0.2) is 29.0 Å². The van der Waals surface area contributed by atoms with Crippen molar-refractivity contribution >= 4 is 5.78 Å². The van der Waals surface area contributed by atoms with Gasteiger partial charge in [0.1, 0.15) is 0 Å². The maximum Gasteiger partial charge on any atom is 0.200 e. The molecule has 2 aromatic carbocycles. The van der Waals surface area contributed by atoms with Gasteiger partial charge in [-0.1, -0.05) is 6.07 Å². The molecule has 3 rings (SSSR count). The lowest BCUT2D eigenvalue weighted by atomic mass is 10.1. The Labute approximate surface area is 112 Å². The summed E-state index contributed by atoms with van der Waals surface area (Å²) in [6.07, 6.45) is 0. The number of hydrogen-bond acceptors (Lipinski definition) is 2. The Morgan fingerprint density at radius 1 is 0.950 bits per heavy atom. The van der Waals surface area contributed by atoms with Crippen molar-refractivity contribution in [1.82, 2.24) is 0 Å². The van der Waals surface area contributed by atoms with Crippen LogP contribution in [0, 0.1) is 17.5 Å². The minimum Gasteiger partial charge on any atom is -0.491 e. The molecule has 1 aliphatic rings. The van der Waals surface area contributed by atoms with E-state index in [1.54, 1.807) is 6.92 Å². The monoisotopic (exact) mass is 278 g/mol. The molecule has 0 unspecified atom stereocenters. The molecule has 20 heavy (non-hydrogen) atoms. The van der Waals surface area contributed by atoms with E-state index in [1.165, 1.54) is 18.2 Å². The zero-order chi connectivity index (χ0) is 14.4. The first-order chi connectivity index (χ1) is 9.56. The molecule has 102 valence electrons. The van der Waals surface area contributed by atoms with E-state index >= 15 is 0 Å². The molecule has 0 amide bonds. The summed E-state index contributed by atoms with van der Waals surface area (Å²) >= 11 is 0. The first-order valence-corrected chi connectivity index (χ1v) is 6.04. The molecule has 0 bridgehead atoms. The van der Waals surface area contributed by atoms with E-state index < -0.39 is 28.8 Å². The van der Waals surface area contributed by atoms with Crippen molar-refractivity contribution in [3.63, 3.8) is 0 Å². The number of halogens is 3. The number of rotatable bonds is 2. The molecule has 0 spiro atoms. The molecule has 1 aliphatic carbocycles. The fourth-order valence-corrected chi connectivity index (χ4v) is 2.39. The number of carbonyl (C=O) groups excluding carboxylic acids is 1. The van der Waals surface area contributed by atoms with Crippen molar-refractivity contribution in [3.8, 4) is 16.9 Å². The van der Waals surface area contributed by atoms with Crippen LogP contribution in [-0.2, 0) is 0 Å². The average molecular weight is 278 g/mol. The number of hydrogen-bond donors (Lipinski definition) is 0. The predicted octanol–water partition coefficient (Wildman–Crippen LogP) is 3.71. The summed E-state index contributed by atoms with van der Waals surface area (Å²) in [4.78, 5) is 12.1. The van der Waals surface area contributed by atoms with Gasteiger partial charge in [-0.2, -0.15) is 0 Å². The van der Waals surface area contributed by atoms with E-state index in [1.807, 2.05) is 0 Å². The molecular weight excluding hydrogens is 269 g/mol. The molecule has 0 aromatic heterocycles. The Bertz CT molecular complexity index is 738. The second-order valence-electron chi connectivity index (χ2n) is 4.35. The van der Waals surface area contributed by atoms with Crippen LogP contribution in [-0.4, -0.2) is 12.4 Å². The summed E-state index contributed by atoms with van der Waals surface area (Å²) in [5.41, 5.74) is -0.237. The summed E-state index contributed by atoms with van der Waals surface area (Å²) in [5, 5.41) is 0. The van der Waals surface area contributed by atoms with E-state index in [-0.39, 0.29) is 29.0 Å². The van der Waals surface area contributed by atoms with Gasteiger partial charge < -0.3 is 4.74 Å². The highest BCUT2D eigenvalue weighted by Gasteiger charge is 2.35. The van der Waals surface area contributed by atoms with Gasteiger partial charge in [-0.15, -0.1) is 0 Å². The lowest BCUT2D eigenvalue weighted by Crippen LogP contribution is -2.04. The molecule has 2 nitrogen and oxygen atoms in total. The lowest BCUT2D eigenvalue weighted by molar-refractivity contribution is 0.103. The largest absolute Gasteiger partial charge is 0.491 e. The van der Waals surface area contributed by atoms with Gasteiger partial charge in [-0.05, 0) is 36.2 Å². The standard InChI is InChI=1S/C15H9F3O2/c1-2-20-10-6-4-8-7-3-5-9(16)13(17)11(7)15(19)12(8)14(10)18/h3-6H,2H2,1H3. The molecule has 0 fully saturated rings. The van der Waals surface area contributed by atoms with Crippen LogP contribution in [0.3, 0.4) is 0 Å². The Kier molecular flexibility index (Phi) is 2.78. The van der Waals surface area contributed by atoms with Gasteiger partial charge >= 0.3 is 0 Å². The second-order valence-corrected chi connectivity index (χ2v) is 4.35. The molecular formula is C15H9F3O2. The van der Waals surface area contributed by atoms with Gasteiger partial charge in [0.25, 0.3) is 0 Å². The van der Waals surface area contributed by atoms with Crippen molar-refractivity contribution < 1.29 is 22.7 Å². The van der Waals surface area contributed by atoms with Crippen LogP contribution in [0.2, 0.25) is 0 Å². The van der Waals surface area contributed by atoms with Crippen molar-refractivity contribution in [1.29, 1.82) is 0 Å². The van der Waals surface area contributed by atoms with Gasteiger partial charge in [0, 0.05) is 0 Å². The SMILES string of the molecule is CCOc1ccc2c(c1F)C(=O)c1c-2ccc(F)c1F. The van der Waals surface area contributed by atoms with Gasteiger partial charge in [-0.25, -0.2) is 13.2 Å². The zero-order valence-electron chi connectivity index (χ0n) is 10.5. The fraction of sp³-hybridized carbons (Fsp3) is 0.133. The maximum atomic E-state index is 14.2. The van der Waals surface area contributed by atoms with E-state index in [0.29, 0.717) is 0 Å². The summed E-state index contributed by atoms with van der Waals surface area (Å²) in [5.74, 6) is -4.15. The van der Waals surface area contributed by atoms with Crippen molar-refractivity contribution in [2.24, 2.45) is 0 Å². The number of carbonyl (C=O) groups is 1. The smallest absolute Gasteiger partial charge is 0.200 e. The van der Waals surface area contributed by atoms with Crippen LogP contribution in [0.25, 0.3) is 11.1 Å². The highest BCUT2D eigenvalue weighted by atomic mass is 19.2. The molecule has 0 N–H and O–H groups in total. The number of ether oxygens (including phenoxy) is 1. The van der Waals surface area contributed by atoms with Crippen LogP contribution in [0.15, 0.2) is 24.3 Å². The van der Waals surface area contributed by atoms with Crippen molar-refractivity contribution in [2.45, 2.75) is 6.92 Å². The topological polar surface area (TPSA) is 26.3 Å². The maximum absolute atomic E-state index is 14.2. The number of fused-ring (bicyclic) bond motifs is 3. The van der Waals surface area contributed by atoms with Gasteiger partial charge in [0.2, 0.25) is 0 Å². The third-order valence-corrected chi connectivity index (χ3v) is 3.25. The molecule has 0 radical (unpaired) electrons. The van der Waals surface area contributed by atoms with Crippen LogP contribution >= 0.6 is 0 Å². The minimum absolute atomic E-state index is 0.0757. The predicted molar refractivity (Wildman–Crippen MR) is 66.4 cm³/mol. The van der Waals surface area contributed by atoms with Crippen LogP contribution < -0.4 is 4.74 Å². The highest BCUT2D eigenvalue weighted by molar-refractivity contribution is 6.22. The van der Waals surface area contributed by atoms with E-state index in [4.69, 9.17) is 4.74 Å². The normalized spacial score (nSPS) is 12.3. The summed E-state index contributed by atoms with van der Waals surface area (Å²) in [7, 11) is 0. The molecule has 0 atom stereocenters. The average Bonchev–Trinajstić information content (AvgIpc) is 2.72. The summed E-state index contributed by atoms with van der Waals surface area (Å²) in [6, 6.07) is 5.05. The molecule has 5 heteroatoms. The van der Waals surface area contributed by atoms with Crippen LogP contribution in [0.5, 0.6) is 5.75 Å². The molecule has 0 saturated heterocycles. The number of benzene rings is 2. The Hall–Kier alpha value is -2.30. The summed E-state index contributed by atoms with van der Waals surface area (Å²) < 4.78 is 46.3. The van der Waals surface area contributed by atoms with E-state index in [0.717, 1.165) is 6.07 Å². The number of ketones is 1. The molecule has 2 aromatic rings. The van der Waals surface area contributed by atoms with Crippen molar-refractivity contribution in [2.75, 3.05) is 6.61 Å². The Morgan fingerprint density at radius 3 is 2.20 bits per heavy atom. The Balaban J connectivity index is 2.28. The van der Waals surface area contributed by atoms with Crippen LogP contribution in [0.4, 0.5) is 13.2 Å². The van der Waals surface area contributed by atoms with E-state index in [2.05, 4.69) is 0 Å². The fourth-order valence-electron chi connectivity index (χ4n) is 2.39. The summed E-state index contributed by atoms with van der Waals surface area (Å²) in [6.45, 7) is 1.91. The molecule has 0 aliphatic heterocycles. The first kappa shape index (κ1) is 12.7. The lowest BCUT2D eigenvalue weighted by Gasteiger charge is -2.07. The van der Waals surface area contributed by atoms with E-state index in [9.17, 15) is 18.0 Å². The quantitative estimate of drug-likeness (QED) is 0.714. The van der Waals surface area contributed by atoms with Crippen molar-refractivity contribution in [3.05, 3.63) is 52.8 Å². The van der Waals surface area contributed by atoms with Gasteiger partial charge in [-0.3, -0.25) is 4.79 Å². The molecule has 0 heterocycles. The second kappa shape index (κ2) is 4.37. The van der Waals surface area contributed by atoms with Gasteiger partial charge in [0.05, 0.1) is 17.7 Å². The Morgan fingerprint density at radius 2 is 1.55 bits per heavy atom. The third-order valence-electron chi connectivity index (χ3n) is 3.25. The molecule has 0 saturated carbocycles. The highest BCUT2D eigenvalue weighted by Crippen LogP contribution is 2.41. The zero-order valence-corrected chi connectivity index (χ0v) is 10.5. The third kappa shape index (κ3) is 1.56. The first-order valence-electron chi connectivity index (χ1n) is 6.04. The van der Waals surface area contributed by atoms with Crippen LogP contribution in [0.1, 0.15) is 22.8 Å². The minimum atomic E-state index is -1.25.